The third-order valence-corrected chi connectivity index (χ3v) is 2.64. The van der Waals surface area contributed by atoms with Gasteiger partial charge in [0.15, 0.2) is 0 Å². The molecule has 0 aliphatic heterocycles. The van der Waals surface area contributed by atoms with E-state index in [9.17, 15) is 0 Å². The molecule has 2 nitrogen and oxygen atoms in total. The number of ether oxygens (including phenoxy) is 1. The Morgan fingerprint density at radius 1 is 1.05 bits per heavy atom. The minimum absolute atomic E-state index is 0.525. The number of rotatable bonds is 5. The van der Waals surface area contributed by atoms with Crippen molar-refractivity contribution in [2.45, 2.75) is 6.92 Å². The first-order valence-corrected chi connectivity index (χ1v) is 6.22. The molecule has 96 valence electrons. The maximum Gasteiger partial charge on any atom is 0.119 e. The van der Waals surface area contributed by atoms with Crippen LogP contribution in [-0.4, -0.2) is 12.8 Å². The fourth-order valence-corrected chi connectivity index (χ4v) is 1.59. The largest absolute Gasteiger partial charge is 0.490 e. The fraction of sp³-hybridized carbons (Fsp3) is 0.118. The number of nitrogens with zero attached hydrogens (tertiary/aromatic N) is 1. The maximum absolute atomic E-state index is 5.42. The second-order valence-corrected chi connectivity index (χ2v) is 4.26. The number of hydrogen-bond donors (Lipinski definition) is 0. The van der Waals surface area contributed by atoms with Gasteiger partial charge in [-0.25, -0.2) is 0 Å². The van der Waals surface area contributed by atoms with E-state index in [1.807, 2.05) is 42.6 Å². The van der Waals surface area contributed by atoms with E-state index in [2.05, 4.69) is 30.6 Å². The molecular formula is C17H17NO. The summed E-state index contributed by atoms with van der Waals surface area (Å²) in [5.41, 5.74) is 3.24. The van der Waals surface area contributed by atoms with E-state index in [-0.39, 0.29) is 0 Å². The van der Waals surface area contributed by atoms with E-state index in [1.165, 1.54) is 5.56 Å². The SMILES string of the molecule is C=CCOc1ccc(C=Nc2ccc(C)cc2)cc1. The lowest BCUT2D eigenvalue weighted by Gasteiger charge is -2.02. The van der Waals surface area contributed by atoms with Gasteiger partial charge in [-0.15, -0.1) is 0 Å². The molecule has 2 heteroatoms. The van der Waals surface area contributed by atoms with E-state index in [1.54, 1.807) is 6.08 Å². The summed E-state index contributed by atoms with van der Waals surface area (Å²) in [6.45, 7) is 6.21. The van der Waals surface area contributed by atoms with E-state index in [4.69, 9.17) is 4.74 Å². The lowest BCUT2D eigenvalue weighted by Crippen LogP contribution is -1.92. The van der Waals surface area contributed by atoms with Crippen molar-refractivity contribution in [3.63, 3.8) is 0 Å². The summed E-state index contributed by atoms with van der Waals surface area (Å²) in [5, 5.41) is 0. The minimum Gasteiger partial charge on any atom is -0.490 e. The Balaban J connectivity index is 2.02. The molecule has 0 aromatic heterocycles. The van der Waals surface area contributed by atoms with Crippen LogP contribution in [0.4, 0.5) is 5.69 Å². The van der Waals surface area contributed by atoms with Gasteiger partial charge in [-0.2, -0.15) is 0 Å². The lowest BCUT2D eigenvalue weighted by molar-refractivity contribution is 0.363. The number of aliphatic imine (C=N–C) groups is 1. The van der Waals surface area contributed by atoms with Gasteiger partial charge in [-0.3, -0.25) is 4.99 Å². The van der Waals surface area contributed by atoms with Crippen molar-refractivity contribution in [2.24, 2.45) is 4.99 Å². The standard InChI is InChI=1S/C17H17NO/c1-3-12-19-17-10-6-15(7-11-17)13-18-16-8-4-14(2)5-9-16/h3-11,13H,1,12H2,2H3. The molecule has 0 fully saturated rings. The summed E-state index contributed by atoms with van der Waals surface area (Å²) in [7, 11) is 0. The molecule has 0 atom stereocenters. The maximum atomic E-state index is 5.42. The van der Waals surface area contributed by atoms with Crippen LogP contribution in [0.5, 0.6) is 5.75 Å². The molecule has 0 radical (unpaired) electrons. The molecule has 0 saturated carbocycles. The predicted octanol–water partition coefficient (Wildman–Crippen LogP) is 4.31. The van der Waals surface area contributed by atoms with Crippen LogP contribution >= 0.6 is 0 Å². The van der Waals surface area contributed by atoms with E-state index < -0.39 is 0 Å². The highest BCUT2D eigenvalue weighted by Gasteiger charge is 1.93. The Labute approximate surface area is 114 Å². The topological polar surface area (TPSA) is 21.6 Å². The van der Waals surface area contributed by atoms with E-state index >= 15 is 0 Å². The monoisotopic (exact) mass is 251 g/mol. The van der Waals surface area contributed by atoms with Gasteiger partial charge in [-0.05, 0) is 48.9 Å². The van der Waals surface area contributed by atoms with Gasteiger partial charge in [0.05, 0.1) is 5.69 Å². The summed E-state index contributed by atoms with van der Waals surface area (Å²) in [4.78, 5) is 4.43. The summed E-state index contributed by atoms with van der Waals surface area (Å²) >= 11 is 0. The van der Waals surface area contributed by atoms with E-state index in [0.717, 1.165) is 17.0 Å². The van der Waals surface area contributed by atoms with Crippen molar-refractivity contribution in [2.75, 3.05) is 6.61 Å². The van der Waals surface area contributed by atoms with Crippen molar-refractivity contribution < 1.29 is 4.74 Å². The highest BCUT2D eigenvalue weighted by Crippen LogP contribution is 2.14. The molecule has 0 N–H and O–H groups in total. The third kappa shape index (κ3) is 4.11. The first kappa shape index (κ1) is 13.1. The van der Waals surface area contributed by atoms with Gasteiger partial charge >= 0.3 is 0 Å². The van der Waals surface area contributed by atoms with Gasteiger partial charge < -0.3 is 4.74 Å². The highest BCUT2D eigenvalue weighted by molar-refractivity contribution is 5.82. The number of benzene rings is 2. The first-order valence-electron chi connectivity index (χ1n) is 6.22. The smallest absolute Gasteiger partial charge is 0.119 e. The van der Waals surface area contributed by atoms with Crippen LogP contribution in [0.15, 0.2) is 66.2 Å². The summed E-state index contributed by atoms with van der Waals surface area (Å²) in [5.74, 6) is 0.840. The molecule has 0 heterocycles. The van der Waals surface area contributed by atoms with Crippen LogP contribution < -0.4 is 4.74 Å². The van der Waals surface area contributed by atoms with Crippen LogP contribution in [-0.2, 0) is 0 Å². The summed E-state index contributed by atoms with van der Waals surface area (Å²) in [6.07, 6.45) is 3.58. The average molecular weight is 251 g/mol. The van der Waals surface area contributed by atoms with Gasteiger partial charge in [0.2, 0.25) is 0 Å². The van der Waals surface area contributed by atoms with Crippen LogP contribution in [0.3, 0.4) is 0 Å². The van der Waals surface area contributed by atoms with Crippen molar-refractivity contribution in [3.8, 4) is 5.75 Å². The molecule has 19 heavy (non-hydrogen) atoms. The van der Waals surface area contributed by atoms with Crippen molar-refractivity contribution >= 4 is 11.9 Å². The molecule has 0 aliphatic carbocycles. The Morgan fingerprint density at radius 2 is 1.74 bits per heavy atom. The van der Waals surface area contributed by atoms with Gasteiger partial charge in [0.1, 0.15) is 12.4 Å². The Hall–Kier alpha value is -2.35. The van der Waals surface area contributed by atoms with Crippen LogP contribution in [0.1, 0.15) is 11.1 Å². The zero-order valence-corrected chi connectivity index (χ0v) is 11.0. The normalized spacial score (nSPS) is 10.6. The second-order valence-electron chi connectivity index (χ2n) is 4.26. The van der Waals surface area contributed by atoms with Gasteiger partial charge in [-0.1, -0.05) is 30.4 Å². The van der Waals surface area contributed by atoms with E-state index in [0.29, 0.717) is 6.61 Å². The number of aryl methyl sites for hydroxylation is 1. The molecule has 0 bridgehead atoms. The minimum atomic E-state index is 0.525. The third-order valence-electron chi connectivity index (χ3n) is 2.64. The molecule has 0 saturated heterocycles. The fourth-order valence-electron chi connectivity index (χ4n) is 1.59. The zero-order chi connectivity index (χ0) is 13.5. The Morgan fingerprint density at radius 3 is 2.37 bits per heavy atom. The molecule has 0 unspecified atom stereocenters. The predicted molar refractivity (Wildman–Crippen MR) is 80.6 cm³/mol. The average Bonchev–Trinajstić information content (AvgIpc) is 2.46. The second kappa shape index (κ2) is 6.55. The first-order chi connectivity index (χ1) is 9.28. The Kier molecular flexibility index (Phi) is 4.51. The number of hydrogen-bond acceptors (Lipinski definition) is 2. The molecular weight excluding hydrogens is 234 g/mol. The molecule has 0 aliphatic rings. The van der Waals surface area contributed by atoms with Gasteiger partial charge in [0, 0.05) is 6.21 Å². The molecule has 0 spiro atoms. The van der Waals surface area contributed by atoms with Crippen LogP contribution in [0, 0.1) is 6.92 Å². The summed E-state index contributed by atoms with van der Waals surface area (Å²) in [6, 6.07) is 15.9. The zero-order valence-electron chi connectivity index (χ0n) is 11.0. The Bertz CT molecular complexity index is 553. The van der Waals surface area contributed by atoms with Crippen LogP contribution in [0.2, 0.25) is 0 Å². The molecule has 0 amide bonds. The van der Waals surface area contributed by atoms with Crippen molar-refractivity contribution in [3.05, 3.63) is 72.3 Å². The molecule has 2 aromatic carbocycles. The molecule has 2 aromatic rings. The van der Waals surface area contributed by atoms with Gasteiger partial charge in [0.25, 0.3) is 0 Å². The molecule has 2 rings (SSSR count). The van der Waals surface area contributed by atoms with Crippen molar-refractivity contribution in [1.82, 2.24) is 0 Å². The quantitative estimate of drug-likeness (QED) is 0.573. The summed E-state index contributed by atoms with van der Waals surface area (Å²) < 4.78 is 5.42. The highest BCUT2D eigenvalue weighted by atomic mass is 16.5. The van der Waals surface area contributed by atoms with Crippen molar-refractivity contribution in [1.29, 1.82) is 0 Å². The van der Waals surface area contributed by atoms with Crippen LogP contribution in [0.25, 0.3) is 0 Å². The lowest BCUT2D eigenvalue weighted by atomic mass is 10.2.